The molecule has 0 radical (unpaired) electrons. The summed E-state index contributed by atoms with van der Waals surface area (Å²) in [6.07, 6.45) is 3.08. The summed E-state index contributed by atoms with van der Waals surface area (Å²) in [5.41, 5.74) is 0. The molecule has 122 valence electrons. The highest BCUT2D eigenvalue weighted by atomic mass is 79.9. The number of likely N-dealkylation sites (tertiary alicyclic amines) is 1. The molecule has 0 aromatic carbocycles. The van der Waals surface area contributed by atoms with Gasteiger partial charge in [0.15, 0.2) is 10.4 Å². The molecule has 1 aromatic rings. The maximum Gasteiger partial charge on any atom is 0.287 e. The molecule has 2 N–H and O–H groups in total. The maximum atomic E-state index is 11.9. The monoisotopic (exact) mass is 371 g/mol. The fourth-order valence-electron chi connectivity index (χ4n) is 2.58. The third-order valence-corrected chi connectivity index (χ3v) is 4.13. The molecule has 0 bridgehead atoms. The van der Waals surface area contributed by atoms with E-state index in [4.69, 9.17) is 4.42 Å². The quantitative estimate of drug-likeness (QED) is 0.798. The van der Waals surface area contributed by atoms with Crippen molar-refractivity contribution < 1.29 is 14.0 Å². The average Bonchev–Trinajstić information content (AvgIpc) is 2.94. The number of piperidine rings is 1. The summed E-state index contributed by atoms with van der Waals surface area (Å²) in [7, 11) is 0. The predicted octanol–water partition coefficient (Wildman–Crippen LogP) is 1.76. The Hall–Kier alpha value is -1.34. The first-order chi connectivity index (χ1) is 10.6. The van der Waals surface area contributed by atoms with Crippen molar-refractivity contribution in [2.45, 2.75) is 32.2 Å². The lowest BCUT2D eigenvalue weighted by molar-refractivity contribution is -0.121. The summed E-state index contributed by atoms with van der Waals surface area (Å²) in [5, 5.41) is 5.53. The highest BCUT2D eigenvalue weighted by Crippen LogP contribution is 2.13. The van der Waals surface area contributed by atoms with E-state index in [-0.39, 0.29) is 24.3 Å². The van der Waals surface area contributed by atoms with Gasteiger partial charge in [-0.15, -0.1) is 0 Å². The molecule has 0 saturated carbocycles. The molecule has 1 saturated heterocycles. The van der Waals surface area contributed by atoms with Crippen LogP contribution < -0.4 is 10.6 Å². The van der Waals surface area contributed by atoms with E-state index in [0.29, 0.717) is 4.67 Å². The second kappa shape index (κ2) is 8.33. The van der Waals surface area contributed by atoms with Gasteiger partial charge >= 0.3 is 0 Å². The number of carbonyl (C=O) groups is 2. The van der Waals surface area contributed by atoms with Gasteiger partial charge in [0, 0.05) is 19.1 Å². The average molecular weight is 372 g/mol. The standard InChI is InChI=1S/C15H22BrN3O3/c1-2-7-19-8-5-11(6-9-19)18-14(20)10-17-15(21)12-3-4-13(16)22-12/h3-4,11H,2,5-10H2,1H3,(H,17,21)(H,18,20). The van der Waals surface area contributed by atoms with Crippen molar-refractivity contribution in [1.29, 1.82) is 0 Å². The highest BCUT2D eigenvalue weighted by Gasteiger charge is 2.20. The molecule has 7 heteroatoms. The van der Waals surface area contributed by atoms with Gasteiger partial charge < -0.3 is 20.0 Å². The number of furan rings is 1. The van der Waals surface area contributed by atoms with Gasteiger partial charge in [-0.3, -0.25) is 9.59 Å². The molecule has 2 amide bonds. The SMILES string of the molecule is CCCN1CCC(NC(=O)CNC(=O)c2ccc(Br)o2)CC1. The predicted molar refractivity (Wildman–Crippen MR) is 86.6 cm³/mol. The van der Waals surface area contributed by atoms with E-state index in [9.17, 15) is 9.59 Å². The van der Waals surface area contributed by atoms with Crippen molar-refractivity contribution in [3.8, 4) is 0 Å². The van der Waals surface area contributed by atoms with Crippen LogP contribution in [0.15, 0.2) is 21.2 Å². The Morgan fingerprint density at radius 2 is 2.09 bits per heavy atom. The largest absolute Gasteiger partial charge is 0.444 e. The highest BCUT2D eigenvalue weighted by molar-refractivity contribution is 9.10. The summed E-state index contributed by atoms with van der Waals surface area (Å²) in [6.45, 7) is 5.30. The van der Waals surface area contributed by atoms with Crippen LogP contribution in [0.4, 0.5) is 0 Å². The molecule has 1 aliphatic rings. The van der Waals surface area contributed by atoms with Crippen molar-refractivity contribution in [1.82, 2.24) is 15.5 Å². The van der Waals surface area contributed by atoms with Crippen LogP contribution in [0.2, 0.25) is 0 Å². The van der Waals surface area contributed by atoms with Crippen LogP contribution >= 0.6 is 15.9 Å². The third kappa shape index (κ3) is 5.14. The summed E-state index contributed by atoms with van der Waals surface area (Å²) in [5.74, 6) is -0.362. The topological polar surface area (TPSA) is 74.6 Å². The minimum atomic E-state index is -0.390. The molecule has 0 spiro atoms. The van der Waals surface area contributed by atoms with Gasteiger partial charge in [-0.2, -0.15) is 0 Å². The molecule has 0 atom stereocenters. The molecular formula is C15H22BrN3O3. The van der Waals surface area contributed by atoms with Gasteiger partial charge in [0.25, 0.3) is 5.91 Å². The van der Waals surface area contributed by atoms with Crippen LogP contribution in [0.25, 0.3) is 0 Å². The van der Waals surface area contributed by atoms with E-state index in [2.05, 4.69) is 38.4 Å². The zero-order valence-corrected chi connectivity index (χ0v) is 14.3. The van der Waals surface area contributed by atoms with Crippen LogP contribution in [0.5, 0.6) is 0 Å². The van der Waals surface area contributed by atoms with Gasteiger partial charge in [0.2, 0.25) is 5.91 Å². The van der Waals surface area contributed by atoms with Crippen LogP contribution in [0.3, 0.4) is 0 Å². The van der Waals surface area contributed by atoms with E-state index in [0.717, 1.165) is 38.9 Å². The Bertz CT molecular complexity index is 510. The number of carbonyl (C=O) groups excluding carboxylic acids is 2. The minimum absolute atomic E-state index is 0.0354. The van der Waals surface area contributed by atoms with Gasteiger partial charge in [-0.05, 0) is 53.9 Å². The number of rotatable bonds is 6. The zero-order valence-electron chi connectivity index (χ0n) is 12.7. The van der Waals surface area contributed by atoms with Crippen molar-refractivity contribution in [2.24, 2.45) is 0 Å². The van der Waals surface area contributed by atoms with E-state index < -0.39 is 5.91 Å². The Morgan fingerprint density at radius 1 is 1.36 bits per heavy atom. The van der Waals surface area contributed by atoms with E-state index in [1.807, 2.05) is 0 Å². The number of amides is 2. The molecule has 1 aromatic heterocycles. The second-order valence-corrected chi connectivity index (χ2v) is 6.25. The maximum absolute atomic E-state index is 11.9. The van der Waals surface area contributed by atoms with E-state index >= 15 is 0 Å². The molecule has 2 heterocycles. The van der Waals surface area contributed by atoms with E-state index in [1.165, 1.54) is 0 Å². The van der Waals surface area contributed by atoms with Crippen molar-refractivity contribution in [2.75, 3.05) is 26.2 Å². The smallest absolute Gasteiger partial charge is 0.287 e. The van der Waals surface area contributed by atoms with Gasteiger partial charge in [-0.25, -0.2) is 0 Å². The summed E-state index contributed by atoms with van der Waals surface area (Å²) in [6, 6.07) is 3.40. The Balaban J connectivity index is 1.67. The van der Waals surface area contributed by atoms with Crippen molar-refractivity contribution in [3.05, 3.63) is 22.6 Å². The molecule has 0 aliphatic carbocycles. The minimum Gasteiger partial charge on any atom is -0.444 e. The molecule has 1 fully saturated rings. The fraction of sp³-hybridized carbons (Fsp3) is 0.600. The van der Waals surface area contributed by atoms with Crippen LogP contribution in [0.1, 0.15) is 36.7 Å². The summed E-state index contributed by atoms with van der Waals surface area (Å²) in [4.78, 5) is 26.1. The first-order valence-electron chi connectivity index (χ1n) is 7.63. The number of nitrogens with one attached hydrogen (secondary N) is 2. The summed E-state index contributed by atoms with van der Waals surface area (Å²) < 4.78 is 5.62. The first-order valence-corrected chi connectivity index (χ1v) is 8.43. The number of hydrogen-bond acceptors (Lipinski definition) is 4. The number of halogens is 1. The summed E-state index contributed by atoms with van der Waals surface area (Å²) >= 11 is 3.13. The molecule has 0 unspecified atom stereocenters. The molecular weight excluding hydrogens is 350 g/mol. The third-order valence-electron chi connectivity index (χ3n) is 3.70. The van der Waals surface area contributed by atoms with Gasteiger partial charge in [0.05, 0.1) is 6.54 Å². The first kappa shape index (κ1) is 17.0. The zero-order chi connectivity index (χ0) is 15.9. The Labute approximate surface area is 138 Å². The Morgan fingerprint density at radius 3 is 2.68 bits per heavy atom. The van der Waals surface area contributed by atoms with Gasteiger partial charge in [-0.1, -0.05) is 6.92 Å². The lowest BCUT2D eigenvalue weighted by Gasteiger charge is -2.32. The van der Waals surface area contributed by atoms with Crippen molar-refractivity contribution >= 4 is 27.7 Å². The lowest BCUT2D eigenvalue weighted by atomic mass is 10.0. The van der Waals surface area contributed by atoms with Crippen LogP contribution in [0, 0.1) is 0 Å². The normalized spacial score (nSPS) is 16.5. The van der Waals surface area contributed by atoms with E-state index in [1.54, 1.807) is 12.1 Å². The molecule has 1 aliphatic heterocycles. The van der Waals surface area contributed by atoms with Crippen LogP contribution in [-0.2, 0) is 4.79 Å². The Kier molecular flexibility index (Phi) is 6.45. The van der Waals surface area contributed by atoms with Crippen LogP contribution in [-0.4, -0.2) is 48.9 Å². The fourth-order valence-corrected chi connectivity index (χ4v) is 2.89. The molecule has 2 rings (SSSR count). The molecule has 6 nitrogen and oxygen atoms in total. The van der Waals surface area contributed by atoms with Gasteiger partial charge in [0.1, 0.15) is 0 Å². The van der Waals surface area contributed by atoms with Crippen molar-refractivity contribution in [3.63, 3.8) is 0 Å². The number of nitrogens with zero attached hydrogens (tertiary/aromatic N) is 1. The second-order valence-electron chi connectivity index (χ2n) is 5.47. The lowest BCUT2D eigenvalue weighted by Crippen LogP contribution is -2.47. The number of hydrogen-bond donors (Lipinski definition) is 2. The molecule has 22 heavy (non-hydrogen) atoms.